The van der Waals surface area contributed by atoms with Crippen molar-refractivity contribution in [3.63, 3.8) is 0 Å². The first-order chi connectivity index (χ1) is 27.3. The summed E-state index contributed by atoms with van der Waals surface area (Å²) in [5, 5.41) is 2.53. The summed E-state index contributed by atoms with van der Waals surface area (Å²) in [6.45, 7) is 0. The summed E-state index contributed by atoms with van der Waals surface area (Å²) < 4.78 is 7.02. The summed E-state index contributed by atoms with van der Waals surface area (Å²) in [7, 11) is 0. The fraction of sp³-hybridized carbons (Fsp3) is 0.0370. The molecule has 9 aromatic rings. The minimum Gasteiger partial charge on any atom is -0.457 e. The van der Waals surface area contributed by atoms with E-state index in [1.165, 1.54) is 94.2 Å². The van der Waals surface area contributed by atoms with E-state index >= 15 is 0 Å². The van der Waals surface area contributed by atoms with Gasteiger partial charge in [-0.15, -0.1) is 0 Å². The molecule has 0 bridgehead atoms. The molecule has 4 aliphatic rings. The molecule has 1 nitrogen and oxygen atoms in total. The molecule has 0 aromatic heterocycles. The average Bonchev–Trinajstić information content (AvgIpc) is 3.83. The molecule has 0 amide bonds. The summed E-state index contributed by atoms with van der Waals surface area (Å²) >= 11 is 0. The van der Waals surface area contributed by atoms with E-state index in [0.29, 0.717) is 0 Å². The highest BCUT2D eigenvalue weighted by atomic mass is 16.5. The molecule has 55 heavy (non-hydrogen) atoms. The summed E-state index contributed by atoms with van der Waals surface area (Å²) in [6.07, 6.45) is 0. The lowest BCUT2D eigenvalue weighted by atomic mass is 9.65. The molecule has 0 saturated carbocycles. The molecule has 3 aliphatic carbocycles. The minimum atomic E-state index is -0.490. The highest BCUT2D eigenvalue weighted by molar-refractivity contribution is 6.02. The summed E-state index contributed by atoms with van der Waals surface area (Å²) in [4.78, 5) is 0. The van der Waals surface area contributed by atoms with E-state index in [1.807, 2.05) is 0 Å². The first-order valence-corrected chi connectivity index (χ1v) is 19.3. The lowest BCUT2D eigenvalue weighted by Crippen LogP contribution is -2.32. The molecule has 9 aromatic carbocycles. The highest BCUT2D eigenvalue weighted by Gasteiger charge is 2.54. The Labute approximate surface area is 319 Å². The molecule has 0 saturated heterocycles. The molecular formula is C54H32O. The van der Waals surface area contributed by atoms with E-state index in [9.17, 15) is 0 Å². The Hall–Kier alpha value is -6.96. The number of rotatable bonds is 1. The third-order valence-electron chi connectivity index (χ3n) is 13.1. The molecule has 1 heterocycles. The fourth-order valence-electron chi connectivity index (χ4n) is 11.2. The Bertz CT molecular complexity index is 3100. The lowest BCUT2D eigenvalue weighted by Gasteiger charge is -2.39. The molecular weight excluding hydrogens is 665 g/mol. The first kappa shape index (κ1) is 29.5. The molecule has 1 aliphatic heterocycles. The van der Waals surface area contributed by atoms with Gasteiger partial charge < -0.3 is 4.74 Å². The van der Waals surface area contributed by atoms with Crippen LogP contribution in [-0.4, -0.2) is 0 Å². The van der Waals surface area contributed by atoms with Crippen molar-refractivity contribution in [1.82, 2.24) is 0 Å². The van der Waals surface area contributed by atoms with Gasteiger partial charge in [-0.3, -0.25) is 0 Å². The summed E-state index contributed by atoms with van der Waals surface area (Å²) in [6, 6.07) is 72.4. The van der Waals surface area contributed by atoms with Crippen molar-refractivity contribution >= 4 is 10.8 Å². The summed E-state index contributed by atoms with van der Waals surface area (Å²) in [5.74, 6) is 1.81. The van der Waals surface area contributed by atoms with Crippen LogP contribution < -0.4 is 4.74 Å². The summed E-state index contributed by atoms with van der Waals surface area (Å²) in [5.41, 5.74) is 19.6. The number of hydrogen-bond donors (Lipinski definition) is 0. The Morgan fingerprint density at radius 1 is 0.273 bits per heavy atom. The molecule has 0 N–H and O–H groups in total. The minimum absolute atomic E-state index is 0.480. The Kier molecular flexibility index (Phi) is 5.56. The van der Waals surface area contributed by atoms with Crippen LogP contribution in [0.25, 0.3) is 55.3 Å². The van der Waals surface area contributed by atoms with Crippen molar-refractivity contribution < 1.29 is 4.74 Å². The van der Waals surface area contributed by atoms with Gasteiger partial charge in [-0.05, 0) is 113 Å². The van der Waals surface area contributed by atoms with E-state index in [-0.39, 0.29) is 0 Å². The molecule has 1 heteroatoms. The molecule has 0 radical (unpaired) electrons. The van der Waals surface area contributed by atoms with Gasteiger partial charge in [-0.1, -0.05) is 170 Å². The van der Waals surface area contributed by atoms with Gasteiger partial charge in [0.1, 0.15) is 11.5 Å². The molecule has 13 rings (SSSR count). The van der Waals surface area contributed by atoms with Crippen LogP contribution in [0.15, 0.2) is 194 Å². The van der Waals surface area contributed by atoms with Gasteiger partial charge in [-0.2, -0.15) is 0 Å². The normalized spacial score (nSPS) is 16.7. The Morgan fingerprint density at radius 3 is 1.42 bits per heavy atom. The van der Waals surface area contributed by atoms with Crippen LogP contribution in [0.4, 0.5) is 0 Å². The van der Waals surface area contributed by atoms with Crippen molar-refractivity contribution in [2.45, 2.75) is 10.8 Å². The van der Waals surface area contributed by atoms with Crippen LogP contribution in [0, 0.1) is 0 Å². The number of benzene rings is 9. The topological polar surface area (TPSA) is 9.23 Å². The van der Waals surface area contributed by atoms with Gasteiger partial charge in [0.05, 0.1) is 10.8 Å². The van der Waals surface area contributed by atoms with Crippen LogP contribution in [0.1, 0.15) is 44.5 Å². The monoisotopic (exact) mass is 696 g/mol. The maximum absolute atomic E-state index is 7.02. The van der Waals surface area contributed by atoms with Crippen molar-refractivity contribution in [1.29, 1.82) is 0 Å². The van der Waals surface area contributed by atoms with Crippen LogP contribution in [0.2, 0.25) is 0 Å². The number of fused-ring (bicyclic) bond motifs is 20. The lowest BCUT2D eigenvalue weighted by molar-refractivity contribution is 0.436. The zero-order chi connectivity index (χ0) is 35.9. The largest absolute Gasteiger partial charge is 0.457 e. The highest BCUT2D eigenvalue weighted by Crippen LogP contribution is 2.66. The van der Waals surface area contributed by atoms with E-state index in [4.69, 9.17) is 4.74 Å². The van der Waals surface area contributed by atoms with Gasteiger partial charge in [0.2, 0.25) is 0 Å². The first-order valence-electron chi connectivity index (χ1n) is 19.3. The molecule has 1 unspecified atom stereocenters. The SMILES string of the molecule is c1ccc2c(c1)Oc1cc(-c3cccc4c3C3(c5ccccc5-c5cc6ccccc6cc53)c3ccccc3-4)ccc1C21c2ccccc2-c2ccccc21. The van der Waals surface area contributed by atoms with Crippen LogP contribution in [0.5, 0.6) is 11.5 Å². The average molecular weight is 697 g/mol. The third kappa shape index (κ3) is 3.46. The standard InChI is InChI=1S/C54H32O/c1-2-15-34-31-49-42(30-33(34)14-1)40-19-6-10-25-46(40)54(49)45-24-9-5-18-39(45)41-21-13-20-36(52(41)54)35-28-29-48-51(32-35)55-50-27-12-11-26-47(50)53(48)43-22-7-3-16-37(43)38-17-4-8-23-44(38)53/h1-32H. The van der Waals surface area contributed by atoms with Gasteiger partial charge in [0.25, 0.3) is 0 Å². The van der Waals surface area contributed by atoms with Crippen molar-refractivity contribution in [3.8, 4) is 56.0 Å². The van der Waals surface area contributed by atoms with Gasteiger partial charge in [-0.25, -0.2) is 0 Å². The van der Waals surface area contributed by atoms with Crippen molar-refractivity contribution in [2.75, 3.05) is 0 Å². The number of ether oxygens (including phenoxy) is 1. The third-order valence-corrected chi connectivity index (χ3v) is 13.1. The maximum atomic E-state index is 7.02. The maximum Gasteiger partial charge on any atom is 0.132 e. The predicted molar refractivity (Wildman–Crippen MR) is 223 cm³/mol. The van der Waals surface area contributed by atoms with Crippen LogP contribution in [-0.2, 0) is 10.8 Å². The van der Waals surface area contributed by atoms with E-state index in [1.54, 1.807) is 0 Å². The zero-order valence-corrected chi connectivity index (χ0v) is 29.9. The number of hydrogen-bond acceptors (Lipinski definition) is 1. The van der Waals surface area contributed by atoms with Crippen molar-refractivity contribution in [3.05, 3.63) is 239 Å². The molecule has 0 fully saturated rings. The Morgan fingerprint density at radius 2 is 0.745 bits per heavy atom. The van der Waals surface area contributed by atoms with Crippen LogP contribution in [0.3, 0.4) is 0 Å². The smallest absolute Gasteiger partial charge is 0.132 e. The van der Waals surface area contributed by atoms with E-state index in [0.717, 1.165) is 17.1 Å². The van der Waals surface area contributed by atoms with Gasteiger partial charge in [0, 0.05) is 11.1 Å². The number of para-hydroxylation sites is 1. The van der Waals surface area contributed by atoms with Crippen molar-refractivity contribution in [2.24, 2.45) is 0 Å². The second kappa shape index (κ2) is 10.4. The van der Waals surface area contributed by atoms with Gasteiger partial charge >= 0.3 is 0 Å². The molecule has 1 atom stereocenters. The molecule has 2 spiro atoms. The van der Waals surface area contributed by atoms with E-state index < -0.39 is 10.8 Å². The zero-order valence-electron chi connectivity index (χ0n) is 29.9. The second-order valence-corrected chi connectivity index (χ2v) is 15.5. The molecule has 254 valence electrons. The van der Waals surface area contributed by atoms with Gasteiger partial charge in [0.15, 0.2) is 0 Å². The Balaban J connectivity index is 1.11. The fourth-order valence-corrected chi connectivity index (χ4v) is 11.2. The van der Waals surface area contributed by atoms with E-state index in [2.05, 4.69) is 194 Å². The van der Waals surface area contributed by atoms with Crippen LogP contribution >= 0.6 is 0 Å². The quantitative estimate of drug-likeness (QED) is 0.166. The second-order valence-electron chi connectivity index (χ2n) is 15.5. The predicted octanol–water partition coefficient (Wildman–Crippen LogP) is 13.3.